The van der Waals surface area contributed by atoms with E-state index in [1.165, 1.54) is 32.5 Å². The molecule has 2 aromatic rings. The van der Waals surface area contributed by atoms with E-state index < -0.39 is 35.9 Å². The van der Waals surface area contributed by atoms with Gasteiger partial charge in [-0.25, -0.2) is 23.4 Å². The lowest BCUT2D eigenvalue weighted by molar-refractivity contribution is -0.135. The van der Waals surface area contributed by atoms with Crippen LogP contribution in [0.3, 0.4) is 0 Å². The van der Waals surface area contributed by atoms with Crippen molar-refractivity contribution in [3.63, 3.8) is 0 Å². The maximum absolute atomic E-state index is 16.0. The molecule has 4 fully saturated rings. The summed E-state index contributed by atoms with van der Waals surface area (Å²) in [6.45, 7) is 9.62. The largest absolute Gasteiger partial charge is 0.453 e. The second kappa shape index (κ2) is 16.5. The van der Waals surface area contributed by atoms with Gasteiger partial charge in [-0.15, -0.1) is 0 Å². The molecule has 2 unspecified atom stereocenters. The number of carbonyl (C=O) groups is 4. The minimum atomic E-state index is -0.776. The van der Waals surface area contributed by atoms with Gasteiger partial charge in [0, 0.05) is 31.2 Å². The number of aliphatic imine (C=N–C) groups is 1. The van der Waals surface area contributed by atoms with Gasteiger partial charge in [0.25, 0.3) is 0 Å². The molecule has 310 valence electrons. The van der Waals surface area contributed by atoms with E-state index in [2.05, 4.69) is 25.9 Å². The molecule has 5 heterocycles. The normalized spacial score (nSPS) is 26.5. The number of methoxy groups -OCH3 is 2. The fraction of sp³-hybridized carbons (Fsp3) is 0.650. The van der Waals surface area contributed by atoms with Crippen molar-refractivity contribution in [1.29, 1.82) is 0 Å². The number of piperidine rings is 1. The molecule has 4 N–H and O–H groups in total. The second-order valence-corrected chi connectivity index (χ2v) is 16.7. The number of benzene rings is 1. The predicted octanol–water partition coefficient (Wildman–Crippen LogP) is 4.36. The van der Waals surface area contributed by atoms with E-state index >= 15 is 8.78 Å². The summed E-state index contributed by atoms with van der Waals surface area (Å²) in [5, 5.41) is 8.97. The van der Waals surface area contributed by atoms with Gasteiger partial charge in [-0.05, 0) is 74.3 Å². The molecule has 4 amide bonds. The molecule has 8 atom stereocenters. The molecular weight excluding hydrogens is 740 g/mol. The zero-order valence-corrected chi connectivity index (χ0v) is 33.5. The number of hydrogen-bond acceptors (Lipinski definition) is 10. The van der Waals surface area contributed by atoms with Crippen LogP contribution in [0.15, 0.2) is 23.3 Å². The van der Waals surface area contributed by atoms with Crippen LogP contribution in [0, 0.1) is 35.3 Å². The van der Waals surface area contributed by atoms with Crippen LogP contribution in [0.1, 0.15) is 78.1 Å². The molecule has 0 spiro atoms. The van der Waals surface area contributed by atoms with Gasteiger partial charge >= 0.3 is 12.2 Å². The number of carbonyl (C=O) groups excluding carboxylic acids is 4. The summed E-state index contributed by atoms with van der Waals surface area (Å²) in [5.41, 5.74) is 0.736. The van der Waals surface area contributed by atoms with E-state index in [1.807, 2.05) is 37.5 Å². The molecule has 1 saturated carbocycles. The average Bonchev–Trinajstić information content (AvgIpc) is 3.72. The second-order valence-electron chi connectivity index (χ2n) is 16.7. The predicted molar refractivity (Wildman–Crippen MR) is 207 cm³/mol. The maximum atomic E-state index is 16.0. The molecule has 4 aliphatic heterocycles. The Morgan fingerprint density at radius 1 is 0.825 bits per heavy atom. The van der Waals surface area contributed by atoms with Gasteiger partial charge in [0.05, 0.1) is 50.8 Å². The smallest absolute Gasteiger partial charge is 0.407 e. The molecule has 0 bridgehead atoms. The molecule has 1 aromatic carbocycles. The Balaban J connectivity index is 0.979. The van der Waals surface area contributed by atoms with Crippen molar-refractivity contribution >= 4 is 35.5 Å². The van der Waals surface area contributed by atoms with Crippen LogP contribution in [0.2, 0.25) is 0 Å². The van der Waals surface area contributed by atoms with Gasteiger partial charge in [0.1, 0.15) is 41.1 Å². The number of aromatic amines is 1. The number of aromatic nitrogens is 2. The molecule has 15 nitrogen and oxygen atoms in total. The number of halogens is 2. The van der Waals surface area contributed by atoms with Crippen LogP contribution in [0.25, 0.3) is 11.3 Å². The number of nitrogens with one attached hydrogen (secondary N) is 4. The summed E-state index contributed by atoms with van der Waals surface area (Å²) in [5.74, 6) is -0.153. The molecule has 3 saturated heterocycles. The van der Waals surface area contributed by atoms with Crippen molar-refractivity contribution in [3.05, 3.63) is 35.8 Å². The van der Waals surface area contributed by atoms with Gasteiger partial charge in [-0.1, -0.05) is 27.7 Å². The van der Waals surface area contributed by atoms with Crippen LogP contribution >= 0.6 is 0 Å². The first kappa shape index (κ1) is 40.2. The first-order valence-electron chi connectivity index (χ1n) is 20.2. The summed E-state index contributed by atoms with van der Waals surface area (Å²) in [7, 11) is 2.53. The molecule has 7 rings (SSSR count). The Morgan fingerprint density at radius 3 is 1.98 bits per heavy atom. The quantitative estimate of drug-likeness (QED) is 0.258. The lowest BCUT2D eigenvalue weighted by Gasteiger charge is -2.36. The van der Waals surface area contributed by atoms with E-state index in [-0.39, 0.29) is 65.3 Å². The first-order chi connectivity index (χ1) is 27.3. The van der Waals surface area contributed by atoms with Gasteiger partial charge in [0.2, 0.25) is 11.8 Å². The summed E-state index contributed by atoms with van der Waals surface area (Å²) in [6, 6.07) is 0.700. The Kier molecular flexibility index (Phi) is 11.6. The first-order valence-corrected chi connectivity index (χ1v) is 20.2. The van der Waals surface area contributed by atoms with E-state index in [4.69, 9.17) is 14.5 Å². The van der Waals surface area contributed by atoms with E-state index in [1.54, 1.807) is 4.90 Å². The van der Waals surface area contributed by atoms with Crippen LogP contribution < -0.4 is 20.9 Å². The van der Waals surface area contributed by atoms with E-state index in [9.17, 15) is 19.2 Å². The van der Waals surface area contributed by atoms with E-state index in [0.29, 0.717) is 49.7 Å². The third-order valence-electron chi connectivity index (χ3n) is 12.5. The summed E-state index contributed by atoms with van der Waals surface area (Å²) >= 11 is 0. The van der Waals surface area contributed by atoms with Crippen LogP contribution in [0.4, 0.5) is 24.1 Å². The van der Waals surface area contributed by atoms with Crippen molar-refractivity contribution in [2.45, 2.75) is 102 Å². The van der Waals surface area contributed by atoms with Crippen molar-refractivity contribution in [2.75, 3.05) is 45.3 Å². The van der Waals surface area contributed by atoms with Crippen molar-refractivity contribution < 1.29 is 37.4 Å². The number of ether oxygens (including phenoxy) is 2. The zero-order valence-electron chi connectivity index (χ0n) is 33.5. The fourth-order valence-corrected chi connectivity index (χ4v) is 9.42. The standard InChI is InChI=1S/C40H55F2N9O6/c1-20(2)32(47-39(54)56-5)37(52)50-12-7-9-29(50)35-43-18-27(45-35)22-15-25(41)34(26(42)16-22)49-14-11-23(24-17-31(24)49)28-19-44-36(46-28)30-10-8-13-51(30)38(53)33(21(3)4)48-40(55)57-6/h15-16,18,20-21,23-24,28-33H,7-14,17,19H2,1-6H3,(H,43,45)(H,44,46)(H,47,54)(H,48,55)/t23?,24-,28?,29+,30+,31-,32+,33+/m1/s1. The molecule has 1 aromatic heterocycles. The Hall–Kier alpha value is -4.96. The number of fused-ring (bicyclic) bond motifs is 1. The Bertz CT molecular complexity index is 1870. The van der Waals surface area contributed by atoms with Crippen molar-refractivity contribution in [2.24, 2.45) is 28.7 Å². The molecule has 57 heavy (non-hydrogen) atoms. The number of anilines is 1. The Morgan fingerprint density at radius 2 is 1.40 bits per heavy atom. The highest BCUT2D eigenvalue weighted by Gasteiger charge is 2.54. The topological polar surface area (TPSA) is 174 Å². The zero-order chi connectivity index (χ0) is 40.7. The number of alkyl carbamates (subject to hydrolysis) is 2. The van der Waals surface area contributed by atoms with E-state index in [0.717, 1.165) is 37.9 Å². The number of likely N-dealkylation sites (tertiary alicyclic amines) is 2. The minimum absolute atomic E-state index is 0.0122. The highest BCUT2D eigenvalue weighted by atomic mass is 19.1. The van der Waals surface area contributed by atoms with Gasteiger partial charge in [0.15, 0.2) is 0 Å². The molecule has 5 aliphatic rings. The highest BCUT2D eigenvalue weighted by molar-refractivity contribution is 5.95. The van der Waals surface area contributed by atoms with Crippen LogP contribution in [-0.2, 0) is 19.1 Å². The van der Waals surface area contributed by atoms with Crippen LogP contribution in [0.5, 0.6) is 0 Å². The molecule has 1 aliphatic carbocycles. The van der Waals surface area contributed by atoms with Gasteiger partial charge in [-0.3, -0.25) is 14.6 Å². The summed E-state index contributed by atoms with van der Waals surface area (Å²) in [6.07, 6.45) is 4.79. The average molecular weight is 796 g/mol. The van der Waals surface area contributed by atoms with Gasteiger partial charge in [-0.2, -0.15) is 0 Å². The number of rotatable bonds is 11. The number of H-pyrrole nitrogens is 1. The number of amidine groups is 1. The maximum Gasteiger partial charge on any atom is 0.407 e. The lowest BCUT2D eigenvalue weighted by atomic mass is 9.88. The Labute approximate surface area is 331 Å². The third-order valence-corrected chi connectivity index (χ3v) is 12.5. The summed E-state index contributed by atoms with van der Waals surface area (Å²) in [4.78, 5) is 69.1. The van der Waals surface area contributed by atoms with Crippen molar-refractivity contribution in [3.8, 4) is 11.3 Å². The molecular formula is C40H55F2N9O6. The number of hydrogen-bond donors (Lipinski definition) is 4. The third kappa shape index (κ3) is 7.98. The summed E-state index contributed by atoms with van der Waals surface area (Å²) < 4.78 is 41.4. The molecule has 0 radical (unpaired) electrons. The van der Waals surface area contributed by atoms with Gasteiger partial charge < -0.3 is 45.1 Å². The minimum Gasteiger partial charge on any atom is -0.453 e. The SMILES string of the molecule is COC(=O)N[C@H](C(=O)N1CCC[C@H]1C1=NCC(C2CCN(c3c(F)cc(-c4cnc([C@@H]5CCCN5C(=O)[C@@H](NC(=O)OC)C(C)C)[nH]4)cc3F)[C@@H]3C[C@H]23)N1)C(C)C. The number of nitrogens with zero attached hydrogens (tertiary/aromatic N) is 5. The highest BCUT2D eigenvalue weighted by Crippen LogP contribution is 2.51. The monoisotopic (exact) mass is 795 g/mol. The number of amides is 4. The molecule has 17 heteroatoms. The van der Waals surface area contributed by atoms with Crippen LogP contribution in [-0.4, -0.2) is 120 Å². The lowest BCUT2D eigenvalue weighted by Crippen LogP contribution is -2.55. The number of imidazole rings is 1. The fourth-order valence-electron chi connectivity index (χ4n) is 9.42. The van der Waals surface area contributed by atoms with Crippen molar-refractivity contribution in [1.82, 2.24) is 35.7 Å².